The molecule has 1 heterocycles. The molecule has 0 N–H and O–H groups in total. The molecule has 1 aliphatic rings. The minimum Gasteiger partial charge on any atom is -0.497 e. The Bertz CT molecular complexity index is 947. The fourth-order valence-electron chi connectivity index (χ4n) is 3.34. The van der Waals surface area contributed by atoms with Crippen molar-refractivity contribution >= 4 is 37.5 Å². The second-order valence-corrected chi connectivity index (χ2v) is 9.61. The topological polar surface area (TPSA) is 66.9 Å². The third-order valence-corrected chi connectivity index (χ3v) is 7.36. The van der Waals surface area contributed by atoms with Crippen LogP contribution in [0, 0.1) is 5.92 Å². The van der Waals surface area contributed by atoms with Crippen molar-refractivity contribution in [1.82, 2.24) is 4.31 Å². The fourth-order valence-corrected chi connectivity index (χ4v) is 5.13. The molecule has 3 rings (SSSR count). The summed E-state index contributed by atoms with van der Waals surface area (Å²) in [5.41, 5.74) is 0.720. The van der Waals surface area contributed by atoms with Gasteiger partial charge in [-0.3, -0.25) is 4.79 Å². The molecule has 1 amide bonds. The Morgan fingerprint density at radius 2 is 1.93 bits per heavy atom. The summed E-state index contributed by atoms with van der Waals surface area (Å²) in [5.74, 6) is 0.194. The zero-order valence-electron chi connectivity index (χ0n) is 15.8. The monoisotopic (exact) mass is 466 g/mol. The summed E-state index contributed by atoms with van der Waals surface area (Å²) in [6, 6.07) is 13.8. The second kappa shape index (κ2) is 8.63. The second-order valence-electron chi connectivity index (χ2n) is 6.75. The number of hydrogen-bond donors (Lipinski definition) is 0. The number of rotatable bonds is 5. The van der Waals surface area contributed by atoms with Gasteiger partial charge in [-0.05, 0) is 49.2 Å². The molecule has 8 heteroatoms. The SMILES string of the molecule is COc1cccc(N(C)C(=O)C2CCCN(S(=O)(=O)c3ccc(Br)cc3)C2)c1. The van der Waals surface area contributed by atoms with Crippen LogP contribution in [0.25, 0.3) is 0 Å². The number of carbonyl (C=O) groups excluding carboxylic acids is 1. The first-order chi connectivity index (χ1) is 13.3. The van der Waals surface area contributed by atoms with Crippen LogP contribution >= 0.6 is 15.9 Å². The van der Waals surface area contributed by atoms with Gasteiger partial charge >= 0.3 is 0 Å². The Morgan fingerprint density at radius 3 is 2.61 bits per heavy atom. The van der Waals surface area contributed by atoms with Gasteiger partial charge in [-0.25, -0.2) is 8.42 Å². The molecule has 0 aromatic heterocycles. The normalized spacial score (nSPS) is 17.9. The molecular formula is C20H23BrN2O4S. The number of hydrogen-bond acceptors (Lipinski definition) is 4. The van der Waals surface area contributed by atoms with E-state index in [1.807, 2.05) is 18.2 Å². The molecule has 0 spiro atoms. The molecule has 6 nitrogen and oxygen atoms in total. The van der Waals surface area contributed by atoms with Gasteiger partial charge in [-0.15, -0.1) is 0 Å². The van der Waals surface area contributed by atoms with Crippen LogP contribution in [0.2, 0.25) is 0 Å². The molecule has 1 atom stereocenters. The van der Waals surface area contributed by atoms with E-state index in [-0.39, 0.29) is 23.3 Å². The van der Waals surface area contributed by atoms with E-state index < -0.39 is 10.0 Å². The van der Waals surface area contributed by atoms with Crippen LogP contribution in [-0.4, -0.2) is 45.9 Å². The Balaban J connectivity index is 1.76. The van der Waals surface area contributed by atoms with Crippen LogP contribution in [0.15, 0.2) is 57.9 Å². The fraction of sp³-hybridized carbons (Fsp3) is 0.350. The van der Waals surface area contributed by atoms with Gasteiger partial charge in [0, 0.05) is 36.4 Å². The number of methoxy groups -OCH3 is 1. The number of anilines is 1. The third-order valence-electron chi connectivity index (χ3n) is 4.96. The van der Waals surface area contributed by atoms with E-state index in [9.17, 15) is 13.2 Å². The Labute approximate surface area is 174 Å². The Kier molecular flexibility index (Phi) is 6.42. The number of piperidine rings is 1. The molecule has 1 aliphatic heterocycles. The smallest absolute Gasteiger partial charge is 0.243 e. The van der Waals surface area contributed by atoms with Crippen molar-refractivity contribution in [1.29, 1.82) is 0 Å². The van der Waals surface area contributed by atoms with Crippen LogP contribution in [0.5, 0.6) is 5.75 Å². The summed E-state index contributed by atoms with van der Waals surface area (Å²) in [7, 11) is -0.341. The van der Waals surface area contributed by atoms with Crippen LogP contribution in [0.3, 0.4) is 0 Å². The van der Waals surface area contributed by atoms with Gasteiger partial charge in [0.1, 0.15) is 5.75 Å². The van der Waals surface area contributed by atoms with Crippen LogP contribution in [0.1, 0.15) is 12.8 Å². The minimum atomic E-state index is -3.62. The highest BCUT2D eigenvalue weighted by atomic mass is 79.9. The molecule has 0 aliphatic carbocycles. The molecule has 0 radical (unpaired) electrons. The average molecular weight is 467 g/mol. The third kappa shape index (κ3) is 4.39. The number of carbonyl (C=O) groups is 1. The van der Waals surface area contributed by atoms with Gasteiger partial charge in [0.15, 0.2) is 0 Å². The maximum atomic E-state index is 13.0. The van der Waals surface area contributed by atoms with Crippen molar-refractivity contribution in [2.75, 3.05) is 32.1 Å². The highest BCUT2D eigenvalue weighted by Gasteiger charge is 2.34. The molecule has 1 fully saturated rings. The van der Waals surface area contributed by atoms with Gasteiger partial charge in [-0.2, -0.15) is 4.31 Å². The van der Waals surface area contributed by atoms with E-state index >= 15 is 0 Å². The van der Waals surface area contributed by atoms with Crippen LogP contribution in [0.4, 0.5) is 5.69 Å². The minimum absolute atomic E-state index is 0.0936. The molecule has 1 saturated heterocycles. The lowest BCUT2D eigenvalue weighted by molar-refractivity contribution is -0.123. The lowest BCUT2D eigenvalue weighted by atomic mass is 9.98. The van der Waals surface area contributed by atoms with Crippen molar-refractivity contribution < 1.29 is 17.9 Å². The van der Waals surface area contributed by atoms with Gasteiger partial charge in [0.25, 0.3) is 0 Å². The zero-order chi connectivity index (χ0) is 20.3. The van der Waals surface area contributed by atoms with E-state index in [0.717, 1.165) is 10.2 Å². The van der Waals surface area contributed by atoms with Crippen LogP contribution < -0.4 is 9.64 Å². The molecule has 1 unspecified atom stereocenters. The molecule has 150 valence electrons. The molecular weight excluding hydrogens is 444 g/mol. The summed E-state index contributed by atoms with van der Waals surface area (Å²) in [6.45, 7) is 0.608. The summed E-state index contributed by atoms with van der Waals surface area (Å²) in [6.07, 6.45) is 1.32. The predicted octanol–water partition coefficient (Wildman–Crippen LogP) is 3.52. The van der Waals surface area contributed by atoms with E-state index in [0.29, 0.717) is 25.1 Å². The van der Waals surface area contributed by atoms with Gasteiger partial charge in [0.2, 0.25) is 15.9 Å². The highest BCUT2D eigenvalue weighted by molar-refractivity contribution is 9.10. The summed E-state index contributed by atoms with van der Waals surface area (Å²) < 4.78 is 33.4. The van der Waals surface area contributed by atoms with Gasteiger partial charge in [0.05, 0.1) is 17.9 Å². The summed E-state index contributed by atoms with van der Waals surface area (Å²) in [4.78, 5) is 14.8. The van der Waals surface area contributed by atoms with Crippen molar-refractivity contribution in [3.63, 3.8) is 0 Å². The van der Waals surface area contributed by atoms with Crippen LogP contribution in [-0.2, 0) is 14.8 Å². The molecule has 0 bridgehead atoms. The van der Waals surface area contributed by atoms with Crippen molar-refractivity contribution in [3.05, 3.63) is 53.0 Å². The first-order valence-electron chi connectivity index (χ1n) is 9.00. The number of sulfonamides is 1. The summed E-state index contributed by atoms with van der Waals surface area (Å²) in [5, 5.41) is 0. The lowest BCUT2D eigenvalue weighted by Crippen LogP contribution is -2.45. The van der Waals surface area contributed by atoms with E-state index in [2.05, 4.69) is 15.9 Å². The van der Waals surface area contributed by atoms with Crippen molar-refractivity contribution in [2.45, 2.75) is 17.7 Å². The number of halogens is 1. The lowest BCUT2D eigenvalue weighted by Gasteiger charge is -2.33. The summed E-state index contributed by atoms with van der Waals surface area (Å²) >= 11 is 3.32. The van der Waals surface area contributed by atoms with E-state index in [4.69, 9.17) is 4.74 Å². The average Bonchev–Trinajstić information content (AvgIpc) is 2.73. The molecule has 2 aromatic carbocycles. The zero-order valence-corrected chi connectivity index (χ0v) is 18.2. The number of benzene rings is 2. The first-order valence-corrected chi connectivity index (χ1v) is 11.2. The highest BCUT2D eigenvalue weighted by Crippen LogP contribution is 2.28. The first kappa shape index (κ1) is 20.8. The Morgan fingerprint density at radius 1 is 1.21 bits per heavy atom. The largest absolute Gasteiger partial charge is 0.497 e. The molecule has 28 heavy (non-hydrogen) atoms. The van der Waals surface area contributed by atoms with Gasteiger partial charge < -0.3 is 9.64 Å². The van der Waals surface area contributed by atoms with Crippen molar-refractivity contribution in [2.24, 2.45) is 5.92 Å². The molecule has 0 saturated carbocycles. The maximum Gasteiger partial charge on any atom is 0.243 e. The van der Waals surface area contributed by atoms with E-state index in [1.54, 1.807) is 49.4 Å². The quantitative estimate of drug-likeness (QED) is 0.675. The standard InChI is InChI=1S/C20H23BrN2O4S/c1-22(17-6-3-7-18(13-17)27-2)20(24)15-5-4-12-23(14-15)28(25,26)19-10-8-16(21)9-11-19/h3,6-11,13,15H,4-5,12,14H2,1-2H3. The van der Waals surface area contributed by atoms with Crippen molar-refractivity contribution in [3.8, 4) is 5.75 Å². The van der Waals surface area contributed by atoms with E-state index in [1.165, 1.54) is 4.31 Å². The number of ether oxygens (including phenoxy) is 1. The number of amides is 1. The maximum absolute atomic E-state index is 13.0. The number of nitrogens with zero attached hydrogens (tertiary/aromatic N) is 2. The Hall–Kier alpha value is -1.90. The molecule has 2 aromatic rings. The van der Waals surface area contributed by atoms with Gasteiger partial charge in [-0.1, -0.05) is 22.0 Å². The predicted molar refractivity (Wildman–Crippen MR) is 112 cm³/mol.